The molecule has 18 heavy (non-hydrogen) atoms. The molecule has 1 amide bonds. The summed E-state index contributed by atoms with van der Waals surface area (Å²) in [6.07, 6.45) is 0.894. The fourth-order valence-corrected chi connectivity index (χ4v) is 1.58. The van der Waals surface area contributed by atoms with Gasteiger partial charge in [0, 0.05) is 38.2 Å². The van der Waals surface area contributed by atoms with Gasteiger partial charge in [-0.3, -0.25) is 4.79 Å². The highest BCUT2D eigenvalue weighted by Crippen LogP contribution is 2.18. The summed E-state index contributed by atoms with van der Waals surface area (Å²) in [5, 5.41) is 5.82. The van der Waals surface area contributed by atoms with E-state index in [1.807, 2.05) is 13.0 Å². The molecule has 1 rings (SSSR count). The van der Waals surface area contributed by atoms with Crippen LogP contribution >= 0.6 is 0 Å². The maximum absolute atomic E-state index is 11.7. The van der Waals surface area contributed by atoms with Crippen molar-refractivity contribution in [3.05, 3.63) is 23.8 Å². The van der Waals surface area contributed by atoms with E-state index in [1.54, 1.807) is 19.2 Å². The number of nitrogens with one attached hydrogen (secondary N) is 2. The molecule has 5 nitrogen and oxygen atoms in total. The van der Waals surface area contributed by atoms with Crippen molar-refractivity contribution in [2.45, 2.75) is 13.3 Å². The van der Waals surface area contributed by atoms with E-state index in [-0.39, 0.29) is 5.91 Å². The Balaban J connectivity index is 2.61. The van der Waals surface area contributed by atoms with Gasteiger partial charge in [-0.2, -0.15) is 0 Å². The molecule has 0 aliphatic carbocycles. The standard InChI is InChI=1S/C13H21N3O2/c1-3-18-8-4-7-16-12-6-5-10(14)9-11(12)13(17)15-2/h5-6,9,16H,3-4,7-8,14H2,1-2H3,(H,15,17). The first-order valence-electron chi connectivity index (χ1n) is 6.12. The predicted molar refractivity (Wildman–Crippen MR) is 73.8 cm³/mol. The number of hydrogen-bond acceptors (Lipinski definition) is 4. The van der Waals surface area contributed by atoms with Crippen molar-refractivity contribution < 1.29 is 9.53 Å². The van der Waals surface area contributed by atoms with Gasteiger partial charge in [0.25, 0.3) is 5.91 Å². The van der Waals surface area contributed by atoms with Gasteiger partial charge in [0.05, 0.1) is 5.56 Å². The maximum atomic E-state index is 11.7. The second-order valence-corrected chi connectivity index (χ2v) is 3.86. The van der Waals surface area contributed by atoms with E-state index in [1.165, 1.54) is 0 Å². The molecule has 1 aromatic rings. The van der Waals surface area contributed by atoms with Crippen LogP contribution in [0, 0.1) is 0 Å². The molecule has 0 radical (unpaired) electrons. The molecule has 0 aromatic heterocycles. The van der Waals surface area contributed by atoms with Gasteiger partial charge in [0.1, 0.15) is 0 Å². The third-order valence-corrected chi connectivity index (χ3v) is 2.50. The van der Waals surface area contributed by atoms with E-state index in [0.717, 1.165) is 25.3 Å². The fraction of sp³-hybridized carbons (Fsp3) is 0.462. The van der Waals surface area contributed by atoms with Crippen molar-refractivity contribution in [3.8, 4) is 0 Å². The Bertz CT molecular complexity index is 394. The van der Waals surface area contributed by atoms with Crippen LogP contribution in [0.2, 0.25) is 0 Å². The summed E-state index contributed by atoms with van der Waals surface area (Å²) >= 11 is 0. The number of ether oxygens (including phenoxy) is 1. The van der Waals surface area contributed by atoms with Crippen LogP contribution in [-0.4, -0.2) is 32.7 Å². The number of benzene rings is 1. The van der Waals surface area contributed by atoms with E-state index < -0.39 is 0 Å². The molecular weight excluding hydrogens is 230 g/mol. The third-order valence-electron chi connectivity index (χ3n) is 2.50. The maximum Gasteiger partial charge on any atom is 0.253 e. The van der Waals surface area contributed by atoms with Gasteiger partial charge < -0.3 is 21.1 Å². The van der Waals surface area contributed by atoms with Gasteiger partial charge in [-0.05, 0) is 31.5 Å². The zero-order valence-corrected chi connectivity index (χ0v) is 11.0. The molecule has 0 bridgehead atoms. The van der Waals surface area contributed by atoms with Gasteiger partial charge in [-0.25, -0.2) is 0 Å². The molecule has 0 spiro atoms. The van der Waals surface area contributed by atoms with Crippen molar-refractivity contribution in [2.75, 3.05) is 37.9 Å². The Morgan fingerprint density at radius 1 is 1.44 bits per heavy atom. The van der Waals surface area contributed by atoms with Crippen LogP contribution in [0.5, 0.6) is 0 Å². The summed E-state index contributed by atoms with van der Waals surface area (Å²) in [7, 11) is 1.60. The van der Waals surface area contributed by atoms with Crippen LogP contribution in [0.4, 0.5) is 11.4 Å². The minimum Gasteiger partial charge on any atom is -0.399 e. The predicted octanol–water partition coefficient (Wildman–Crippen LogP) is 1.47. The van der Waals surface area contributed by atoms with Crippen LogP contribution < -0.4 is 16.4 Å². The van der Waals surface area contributed by atoms with Crippen LogP contribution in [0.25, 0.3) is 0 Å². The zero-order chi connectivity index (χ0) is 13.4. The van der Waals surface area contributed by atoms with Gasteiger partial charge in [-0.15, -0.1) is 0 Å². The number of rotatable bonds is 7. The molecule has 1 aromatic carbocycles. The Labute approximate surface area is 108 Å². The molecule has 0 saturated heterocycles. The molecular formula is C13H21N3O2. The van der Waals surface area contributed by atoms with Gasteiger partial charge >= 0.3 is 0 Å². The molecule has 0 unspecified atom stereocenters. The van der Waals surface area contributed by atoms with Crippen LogP contribution in [-0.2, 0) is 4.74 Å². The summed E-state index contributed by atoms with van der Waals surface area (Å²) in [5.74, 6) is -0.144. The number of anilines is 2. The number of hydrogen-bond donors (Lipinski definition) is 3. The number of carbonyl (C=O) groups is 1. The van der Waals surface area contributed by atoms with Gasteiger partial charge in [0.15, 0.2) is 0 Å². The summed E-state index contributed by atoms with van der Waals surface area (Å²) < 4.78 is 5.25. The highest BCUT2D eigenvalue weighted by Gasteiger charge is 2.09. The first kappa shape index (κ1) is 14.3. The van der Waals surface area contributed by atoms with Crippen molar-refractivity contribution in [1.29, 1.82) is 0 Å². The summed E-state index contributed by atoms with van der Waals surface area (Å²) in [4.78, 5) is 11.7. The van der Waals surface area contributed by atoms with E-state index >= 15 is 0 Å². The quantitative estimate of drug-likeness (QED) is 0.506. The largest absolute Gasteiger partial charge is 0.399 e. The SMILES string of the molecule is CCOCCCNc1ccc(N)cc1C(=O)NC. The second-order valence-electron chi connectivity index (χ2n) is 3.86. The monoisotopic (exact) mass is 251 g/mol. The average Bonchev–Trinajstić information content (AvgIpc) is 2.39. The topological polar surface area (TPSA) is 76.4 Å². The normalized spacial score (nSPS) is 10.1. The molecule has 4 N–H and O–H groups in total. The average molecular weight is 251 g/mol. The Kier molecular flexibility index (Phi) is 6.00. The van der Waals surface area contributed by atoms with Crippen molar-refractivity contribution >= 4 is 17.3 Å². The second kappa shape index (κ2) is 7.55. The van der Waals surface area contributed by atoms with Gasteiger partial charge in [-0.1, -0.05) is 0 Å². The van der Waals surface area contributed by atoms with Crippen LogP contribution in [0.15, 0.2) is 18.2 Å². The molecule has 5 heteroatoms. The number of nitrogen functional groups attached to an aromatic ring is 1. The lowest BCUT2D eigenvalue weighted by molar-refractivity contribution is 0.0964. The smallest absolute Gasteiger partial charge is 0.253 e. The van der Waals surface area contributed by atoms with Gasteiger partial charge in [0.2, 0.25) is 0 Å². The third kappa shape index (κ3) is 4.25. The first-order valence-corrected chi connectivity index (χ1v) is 6.12. The number of nitrogens with two attached hydrogens (primary N) is 1. The Morgan fingerprint density at radius 3 is 2.89 bits per heavy atom. The lowest BCUT2D eigenvalue weighted by Gasteiger charge is -2.12. The molecule has 0 aliphatic rings. The van der Waals surface area contributed by atoms with Crippen LogP contribution in [0.3, 0.4) is 0 Å². The lowest BCUT2D eigenvalue weighted by Crippen LogP contribution is -2.20. The summed E-state index contributed by atoms with van der Waals surface area (Å²) in [6, 6.07) is 5.27. The minimum absolute atomic E-state index is 0.144. The van der Waals surface area contributed by atoms with E-state index in [9.17, 15) is 4.79 Å². The van der Waals surface area contributed by atoms with E-state index in [2.05, 4.69) is 10.6 Å². The molecule has 0 heterocycles. The molecule has 100 valence electrons. The molecule has 0 fully saturated rings. The lowest BCUT2D eigenvalue weighted by atomic mass is 10.1. The number of amides is 1. The fourth-order valence-electron chi connectivity index (χ4n) is 1.58. The van der Waals surface area contributed by atoms with E-state index in [4.69, 9.17) is 10.5 Å². The molecule has 0 saturated carbocycles. The highest BCUT2D eigenvalue weighted by atomic mass is 16.5. The zero-order valence-electron chi connectivity index (χ0n) is 11.0. The van der Waals surface area contributed by atoms with Crippen molar-refractivity contribution in [3.63, 3.8) is 0 Å². The van der Waals surface area contributed by atoms with Crippen molar-refractivity contribution in [1.82, 2.24) is 5.32 Å². The minimum atomic E-state index is -0.144. The van der Waals surface area contributed by atoms with Crippen molar-refractivity contribution in [2.24, 2.45) is 0 Å². The van der Waals surface area contributed by atoms with Crippen LogP contribution in [0.1, 0.15) is 23.7 Å². The first-order chi connectivity index (χ1) is 8.69. The van der Waals surface area contributed by atoms with E-state index in [0.29, 0.717) is 17.9 Å². The summed E-state index contributed by atoms with van der Waals surface area (Å²) in [5.41, 5.74) is 7.62. The Hall–Kier alpha value is -1.75. The molecule has 0 atom stereocenters. The number of carbonyl (C=O) groups excluding carboxylic acids is 1. The Morgan fingerprint density at radius 2 is 2.22 bits per heavy atom. The summed E-state index contributed by atoms with van der Waals surface area (Å²) in [6.45, 7) is 4.17. The highest BCUT2D eigenvalue weighted by molar-refractivity contribution is 6.00. The molecule has 0 aliphatic heterocycles.